The number of fused-ring (bicyclic) bond motifs is 2. The fourth-order valence-electron chi connectivity index (χ4n) is 4.49. The van der Waals surface area contributed by atoms with Gasteiger partial charge in [0.1, 0.15) is 11.6 Å². The fraction of sp³-hybridized carbons (Fsp3) is 0.440. The molecular formula is C25H30F2N4. The van der Waals surface area contributed by atoms with Crippen molar-refractivity contribution in [2.75, 3.05) is 0 Å². The predicted molar refractivity (Wildman–Crippen MR) is 122 cm³/mol. The van der Waals surface area contributed by atoms with E-state index in [1.807, 2.05) is 16.3 Å². The van der Waals surface area contributed by atoms with Crippen molar-refractivity contribution in [3.8, 4) is 0 Å². The minimum absolute atomic E-state index is 0.0770. The van der Waals surface area contributed by atoms with Gasteiger partial charge in [0.25, 0.3) is 0 Å². The maximum Gasteiger partial charge on any atom is 0.125 e. The lowest BCUT2D eigenvalue weighted by molar-refractivity contribution is 0.495. The third-order valence-electron chi connectivity index (χ3n) is 5.95. The van der Waals surface area contributed by atoms with Crippen LogP contribution in [-0.2, 0) is 13.0 Å². The minimum Gasteiger partial charge on any atom is -0.265 e. The van der Waals surface area contributed by atoms with Gasteiger partial charge in [-0.05, 0) is 68.0 Å². The molecule has 0 saturated heterocycles. The largest absolute Gasteiger partial charge is 0.265 e. The Morgan fingerprint density at radius 2 is 1.52 bits per heavy atom. The zero-order valence-electron chi connectivity index (χ0n) is 19.1. The van der Waals surface area contributed by atoms with Crippen LogP contribution in [0, 0.1) is 11.6 Å². The van der Waals surface area contributed by atoms with Crippen LogP contribution in [0.25, 0.3) is 21.8 Å². The molecule has 0 radical (unpaired) electrons. The number of hydrogen-bond donors (Lipinski definition) is 0. The van der Waals surface area contributed by atoms with E-state index in [2.05, 4.69) is 34.6 Å². The van der Waals surface area contributed by atoms with Gasteiger partial charge >= 0.3 is 0 Å². The average Bonchev–Trinajstić information content (AvgIpc) is 3.26. The summed E-state index contributed by atoms with van der Waals surface area (Å²) in [5, 5.41) is 11.6. The zero-order valence-corrected chi connectivity index (χ0v) is 19.1. The molecule has 0 saturated carbocycles. The standard InChI is InChI=1S/C25H30F2N4/c1-7-30-22-13-19(27)11-17(23(22)25(28-30)15(4)5)10-16(6)31-21-12-18(26)8-9-20(21)24(29-31)14(2)3/h8-9,11-16H,7,10H2,1-6H3. The van der Waals surface area contributed by atoms with Gasteiger partial charge in [-0.25, -0.2) is 8.78 Å². The molecule has 4 aromatic rings. The number of halogens is 2. The minimum atomic E-state index is -0.282. The van der Waals surface area contributed by atoms with Gasteiger partial charge in [0, 0.05) is 17.3 Å². The molecule has 0 fully saturated rings. The van der Waals surface area contributed by atoms with Crippen molar-refractivity contribution in [1.82, 2.24) is 19.6 Å². The SMILES string of the molecule is CCn1nc(C(C)C)c2c(CC(C)n3nc(C(C)C)c4ccc(F)cc43)cc(F)cc21. The molecule has 0 N–H and O–H groups in total. The lowest BCUT2D eigenvalue weighted by Gasteiger charge is -2.16. The summed E-state index contributed by atoms with van der Waals surface area (Å²) in [6, 6.07) is 7.93. The van der Waals surface area contributed by atoms with Crippen LogP contribution < -0.4 is 0 Å². The van der Waals surface area contributed by atoms with Crippen molar-refractivity contribution < 1.29 is 8.78 Å². The highest BCUT2D eigenvalue weighted by atomic mass is 19.1. The van der Waals surface area contributed by atoms with E-state index in [0.717, 1.165) is 38.8 Å². The summed E-state index contributed by atoms with van der Waals surface area (Å²) in [6.45, 7) is 13.1. The molecule has 6 heteroatoms. The first-order chi connectivity index (χ1) is 14.7. The van der Waals surface area contributed by atoms with E-state index >= 15 is 0 Å². The van der Waals surface area contributed by atoms with Crippen LogP contribution in [0.2, 0.25) is 0 Å². The number of rotatable bonds is 6. The first-order valence-corrected chi connectivity index (χ1v) is 11.1. The molecule has 0 aliphatic heterocycles. The Labute approximate surface area is 181 Å². The number of hydrogen-bond acceptors (Lipinski definition) is 2. The van der Waals surface area contributed by atoms with Crippen LogP contribution in [0.4, 0.5) is 8.78 Å². The van der Waals surface area contributed by atoms with Crippen LogP contribution in [-0.4, -0.2) is 19.6 Å². The van der Waals surface area contributed by atoms with E-state index in [0.29, 0.717) is 13.0 Å². The molecule has 164 valence electrons. The predicted octanol–water partition coefficient (Wildman–Crippen LogP) is 6.73. The number of nitrogens with zero attached hydrogens (tertiary/aromatic N) is 4. The normalized spacial score (nSPS) is 13.2. The highest BCUT2D eigenvalue weighted by Crippen LogP contribution is 2.33. The van der Waals surface area contributed by atoms with E-state index in [4.69, 9.17) is 10.2 Å². The quantitative estimate of drug-likeness (QED) is 0.344. The molecular weight excluding hydrogens is 394 g/mol. The molecule has 4 rings (SSSR count). The summed E-state index contributed by atoms with van der Waals surface area (Å²) in [5.41, 5.74) is 4.45. The van der Waals surface area contributed by atoms with Gasteiger partial charge in [0.2, 0.25) is 0 Å². The lowest BCUT2D eigenvalue weighted by atomic mass is 9.97. The Kier molecular flexibility index (Phi) is 5.58. The second-order valence-electron chi connectivity index (χ2n) is 9.01. The Balaban J connectivity index is 1.85. The molecule has 0 aliphatic carbocycles. The molecule has 31 heavy (non-hydrogen) atoms. The second-order valence-corrected chi connectivity index (χ2v) is 9.01. The molecule has 2 heterocycles. The molecule has 2 aromatic heterocycles. The second kappa shape index (κ2) is 8.06. The first-order valence-electron chi connectivity index (χ1n) is 11.1. The van der Waals surface area contributed by atoms with Crippen LogP contribution >= 0.6 is 0 Å². The van der Waals surface area contributed by atoms with Crippen molar-refractivity contribution in [3.05, 3.63) is 58.9 Å². The van der Waals surface area contributed by atoms with Crippen molar-refractivity contribution in [2.45, 2.75) is 72.4 Å². The van der Waals surface area contributed by atoms with Gasteiger partial charge in [-0.3, -0.25) is 9.36 Å². The van der Waals surface area contributed by atoms with E-state index < -0.39 is 0 Å². The zero-order chi connectivity index (χ0) is 22.4. The summed E-state index contributed by atoms with van der Waals surface area (Å²) in [6.07, 6.45) is 0.578. The molecule has 1 unspecified atom stereocenters. The van der Waals surface area contributed by atoms with Crippen LogP contribution in [0.15, 0.2) is 30.3 Å². The molecule has 2 aromatic carbocycles. The van der Waals surface area contributed by atoms with E-state index in [9.17, 15) is 8.78 Å². The highest BCUT2D eigenvalue weighted by molar-refractivity contribution is 5.86. The monoisotopic (exact) mass is 424 g/mol. The van der Waals surface area contributed by atoms with E-state index in [1.165, 1.54) is 6.07 Å². The lowest BCUT2D eigenvalue weighted by Crippen LogP contribution is -2.11. The summed E-state index contributed by atoms with van der Waals surface area (Å²) in [4.78, 5) is 0. The molecule has 0 spiro atoms. The van der Waals surface area contributed by atoms with Gasteiger partial charge in [-0.1, -0.05) is 27.7 Å². The van der Waals surface area contributed by atoms with Gasteiger partial charge in [0.15, 0.2) is 0 Å². The summed E-state index contributed by atoms with van der Waals surface area (Å²) < 4.78 is 32.4. The molecule has 0 aliphatic rings. The average molecular weight is 425 g/mol. The maximum absolute atomic E-state index is 14.6. The topological polar surface area (TPSA) is 35.6 Å². The third-order valence-corrected chi connectivity index (χ3v) is 5.95. The van der Waals surface area contributed by atoms with Crippen molar-refractivity contribution >= 4 is 21.8 Å². The Morgan fingerprint density at radius 1 is 0.839 bits per heavy atom. The van der Waals surface area contributed by atoms with Crippen molar-refractivity contribution in [3.63, 3.8) is 0 Å². The molecule has 0 amide bonds. The van der Waals surface area contributed by atoms with Crippen LogP contribution in [0.3, 0.4) is 0 Å². The molecule has 4 nitrogen and oxygen atoms in total. The van der Waals surface area contributed by atoms with Crippen LogP contribution in [0.1, 0.15) is 76.4 Å². The van der Waals surface area contributed by atoms with Crippen molar-refractivity contribution in [2.24, 2.45) is 0 Å². The van der Waals surface area contributed by atoms with Gasteiger partial charge in [0.05, 0.1) is 28.5 Å². The molecule has 1 atom stereocenters. The number of aromatic nitrogens is 4. The van der Waals surface area contributed by atoms with Crippen molar-refractivity contribution in [1.29, 1.82) is 0 Å². The first kappa shape index (κ1) is 21.5. The Morgan fingerprint density at radius 3 is 2.16 bits per heavy atom. The number of benzene rings is 2. The van der Waals surface area contributed by atoms with E-state index in [1.54, 1.807) is 24.3 Å². The maximum atomic E-state index is 14.6. The Hall–Kier alpha value is -2.76. The van der Waals surface area contributed by atoms with Crippen LogP contribution in [0.5, 0.6) is 0 Å². The summed E-state index contributed by atoms with van der Waals surface area (Å²) in [7, 11) is 0. The fourth-order valence-corrected chi connectivity index (χ4v) is 4.49. The number of aryl methyl sites for hydroxylation is 1. The Bertz CT molecular complexity index is 1250. The third kappa shape index (κ3) is 3.73. The van der Waals surface area contributed by atoms with Gasteiger partial charge in [-0.15, -0.1) is 0 Å². The molecule has 0 bridgehead atoms. The highest BCUT2D eigenvalue weighted by Gasteiger charge is 2.22. The smallest absolute Gasteiger partial charge is 0.125 e. The van der Waals surface area contributed by atoms with Gasteiger partial charge < -0.3 is 0 Å². The summed E-state index contributed by atoms with van der Waals surface area (Å²) >= 11 is 0. The van der Waals surface area contributed by atoms with Gasteiger partial charge in [-0.2, -0.15) is 10.2 Å². The summed E-state index contributed by atoms with van der Waals surface area (Å²) in [5.74, 6) is -0.103. The van der Waals surface area contributed by atoms with E-state index in [-0.39, 0.29) is 29.5 Å².